The van der Waals surface area contributed by atoms with Gasteiger partial charge in [0.15, 0.2) is 0 Å². The number of rotatable bonds is 2. The van der Waals surface area contributed by atoms with Crippen LogP contribution in [-0.4, -0.2) is 15.0 Å². The third-order valence-corrected chi connectivity index (χ3v) is 2.55. The maximum Gasteiger partial charge on any atom is 0.115 e. The summed E-state index contributed by atoms with van der Waals surface area (Å²) < 4.78 is 0. The van der Waals surface area contributed by atoms with Gasteiger partial charge >= 0.3 is 0 Å². The molecule has 0 fully saturated rings. The van der Waals surface area contributed by atoms with Gasteiger partial charge in [0.25, 0.3) is 0 Å². The van der Waals surface area contributed by atoms with Crippen molar-refractivity contribution in [3.8, 4) is 0 Å². The van der Waals surface area contributed by atoms with Crippen LogP contribution in [0.1, 0.15) is 58.2 Å². The Bertz CT molecular complexity index is 381. The molecule has 0 aliphatic rings. The van der Waals surface area contributed by atoms with Crippen molar-refractivity contribution in [2.45, 2.75) is 47.0 Å². The molecule has 0 aliphatic heterocycles. The highest BCUT2D eigenvalue weighted by Gasteiger charge is 1.96. The van der Waals surface area contributed by atoms with Gasteiger partial charge in [-0.1, -0.05) is 41.2 Å². The van der Waals surface area contributed by atoms with E-state index in [1.54, 1.807) is 18.7 Å². The van der Waals surface area contributed by atoms with Crippen LogP contribution in [0.5, 0.6) is 0 Å². The Balaban J connectivity index is 0.000000324. The van der Waals surface area contributed by atoms with Crippen LogP contribution in [0, 0.1) is 0 Å². The molecule has 2 heterocycles. The molecule has 0 unspecified atom stereocenters. The second-order valence-electron chi connectivity index (χ2n) is 4.73. The van der Waals surface area contributed by atoms with Gasteiger partial charge in [0.2, 0.25) is 0 Å². The molecule has 104 valence electrons. The van der Waals surface area contributed by atoms with Gasteiger partial charge in [-0.05, 0) is 29.5 Å². The van der Waals surface area contributed by atoms with E-state index in [4.69, 9.17) is 0 Å². The van der Waals surface area contributed by atoms with Crippen LogP contribution in [0.2, 0.25) is 0 Å². The van der Waals surface area contributed by atoms with Crippen LogP contribution in [0.3, 0.4) is 0 Å². The number of hydrogen-bond acceptors (Lipinski definition) is 3. The van der Waals surface area contributed by atoms with Gasteiger partial charge in [-0.15, -0.1) is 0 Å². The minimum Gasteiger partial charge on any atom is -0.264 e. The fourth-order valence-corrected chi connectivity index (χ4v) is 1.36. The molecule has 2 aromatic heterocycles. The van der Waals surface area contributed by atoms with Crippen LogP contribution in [0.4, 0.5) is 0 Å². The lowest BCUT2D eigenvalue weighted by atomic mass is 10.1. The van der Waals surface area contributed by atoms with Gasteiger partial charge in [-0.25, -0.2) is 9.97 Å². The zero-order valence-electron chi connectivity index (χ0n) is 11.5. The van der Waals surface area contributed by atoms with Crippen LogP contribution in [0.15, 0.2) is 43.1 Å². The van der Waals surface area contributed by atoms with Gasteiger partial charge in [0.05, 0.1) is 0 Å². The van der Waals surface area contributed by atoms with E-state index in [1.807, 2.05) is 18.3 Å². The van der Waals surface area contributed by atoms with Crippen molar-refractivity contribution in [2.24, 2.45) is 0 Å². The molecule has 2 rings (SSSR count). The van der Waals surface area contributed by atoms with E-state index in [2.05, 4.69) is 48.7 Å². The first-order chi connectivity index (χ1) is 8.61. The zero-order valence-corrected chi connectivity index (χ0v) is 11.5. The average molecular weight is 259 g/mol. The summed E-state index contributed by atoms with van der Waals surface area (Å²) in [5.74, 6) is 1.10. The van der Waals surface area contributed by atoms with Crippen molar-refractivity contribution in [1.29, 1.82) is 0 Å². The van der Waals surface area contributed by atoms with Crippen molar-refractivity contribution < 1.29 is 0 Å². The van der Waals surface area contributed by atoms with E-state index < -0.39 is 0 Å². The zero-order chi connectivity index (χ0) is 13.4. The Kier molecular flexibility index (Phi) is 8.34. The number of aromatic nitrogens is 3. The molecule has 0 bridgehead atoms. The molecule has 0 N–H and O–H groups in total. The fraction of sp³-hybridized carbons (Fsp3) is 0.438. The van der Waals surface area contributed by atoms with Crippen molar-refractivity contribution in [3.63, 3.8) is 0 Å². The molecule has 0 radical (unpaired) electrons. The molecule has 0 aromatic carbocycles. The highest BCUT2D eigenvalue weighted by Crippen LogP contribution is 2.10. The summed E-state index contributed by atoms with van der Waals surface area (Å²) in [7, 11) is 0. The summed E-state index contributed by atoms with van der Waals surface area (Å²) in [6.45, 7) is 8.55. The quantitative estimate of drug-likeness (QED) is 0.800. The largest absolute Gasteiger partial charge is 0.264 e. The predicted octanol–water partition coefficient (Wildman–Crippen LogP) is 4.44. The van der Waals surface area contributed by atoms with Crippen molar-refractivity contribution in [1.82, 2.24) is 15.0 Å². The van der Waals surface area contributed by atoms with Gasteiger partial charge < -0.3 is 0 Å². The molecule has 2 aromatic rings. The van der Waals surface area contributed by atoms with Gasteiger partial charge in [0.1, 0.15) is 6.33 Å². The van der Waals surface area contributed by atoms with E-state index in [0.29, 0.717) is 11.8 Å². The molecule has 0 spiro atoms. The smallest absolute Gasteiger partial charge is 0.115 e. The molecule has 0 saturated heterocycles. The Morgan fingerprint density at radius 1 is 0.895 bits per heavy atom. The Morgan fingerprint density at radius 2 is 1.63 bits per heavy atom. The Hall–Kier alpha value is -1.77. The lowest BCUT2D eigenvalue weighted by molar-refractivity contribution is 0.814. The lowest BCUT2D eigenvalue weighted by Gasteiger charge is -2.00. The second kappa shape index (κ2) is 9.20. The molecule has 0 amide bonds. The normalized spacial score (nSPS) is 9.58. The summed E-state index contributed by atoms with van der Waals surface area (Å²) in [5.41, 5.74) is 2.41. The lowest BCUT2D eigenvalue weighted by Crippen LogP contribution is -1.90. The number of hydrogen-bond donors (Lipinski definition) is 0. The molecule has 0 aliphatic carbocycles. The van der Waals surface area contributed by atoms with Crippen LogP contribution < -0.4 is 0 Å². The summed E-state index contributed by atoms with van der Waals surface area (Å²) in [4.78, 5) is 11.9. The predicted molar refractivity (Wildman–Crippen MR) is 81.2 cm³/mol. The Labute approximate surface area is 117 Å². The first kappa shape index (κ1) is 17.2. The molecule has 3 nitrogen and oxygen atoms in total. The topological polar surface area (TPSA) is 38.7 Å². The SMILES string of the molecule is C.CC(C)c1cccnc1.CC(C)c1ccncn1. The van der Waals surface area contributed by atoms with Crippen LogP contribution in [0.25, 0.3) is 0 Å². The first-order valence-electron chi connectivity index (χ1n) is 6.27. The summed E-state index contributed by atoms with van der Waals surface area (Å²) in [6.07, 6.45) is 7.05. The van der Waals surface area contributed by atoms with E-state index in [1.165, 1.54) is 5.56 Å². The highest BCUT2D eigenvalue weighted by atomic mass is 14.8. The summed E-state index contributed by atoms with van der Waals surface area (Å²) in [6, 6.07) is 6.00. The van der Waals surface area contributed by atoms with Gasteiger partial charge in [-0.2, -0.15) is 0 Å². The Morgan fingerprint density at radius 3 is 1.95 bits per heavy atom. The molecule has 0 atom stereocenters. The molecule has 3 heteroatoms. The standard InChI is InChI=1S/C8H11N.C7H10N2.CH4/c1-7(2)8-4-3-5-9-6-8;1-6(2)7-3-4-8-5-9-7;/h3-7H,1-2H3;3-6H,1-2H3;1H4. The van der Waals surface area contributed by atoms with E-state index >= 15 is 0 Å². The van der Waals surface area contributed by atoms with Crippen molar-refractivity contribution in [3.05, 3.63) is 54.4 Å². The molecular weight excluding hydrogens is 234 g/mol. The number of nitrogens with zero attached hydrogens (tertiary/aromatic N) is 3. The third kappa shape index (κ3) is 6.65. The first-order valence-corrected chi connectivity index (χ1v) is 6.27. The minimum absolute atomic E-state index is 0. The van der Waals surface area contributed by atoms with Gasteiger partial charge in [0, 0.05) is 24.3 Å². The maximum absolute atomic E-state index is 4.07. The maximum atomic E-state index is 4.07. The van der Waals surface area contributed by atoms with Crippen LogP contribution in [-0.2, 0) is 0 Å². The van der Waals surface area contributed by atoms with E-state index in [0.717, 1.165) is 5.69 Å². The van der Waals surface area contributed by atoms with Crippen molar-refractivity contribution in [2.75, 3.05) is 0 Å². The van der Waals surface area contributed by atoms with Crippen LogP contribution >= 0.6 is 0 Å². The van der Waals surface area contributed by atoms with E-state index in [9.17, 15) is 0 Å². The summed E-state index contributed by atoms with van der Waals surface area (Å²) >= 11 is 0. The molecule has 0 saturated carbocycles. The second-order valence-corrected chi connectivity index (χ2v) is 4.73. The minimum atomic E-state index is 0. The third-order valence-electron chi connectivity index (χ3n) is 2.55. The monoisotopic (exact) mass is 259 g/mol. The summed E-state index contributed by atoms with van der Waals surface area (Å²) in [5, 5.41) is 0. The van der Waals surface area contributed by atoms with E-state index in [-0.39, 0.29) is 7.43 Å². The average Bonchev–Trinajstić information content (AvgIpc) is 2.41. The molecular formula is C16H25N3. The van der Waals surface area contributed by atoms with Crippen molar-refractivity contribution >= 4 is 0 Å². The fourth-order valence-electron chi connectivity index (χ4n) is 1.36. The molecule has 19 heavy (non-hydrogen) atoms. The van der Waals surface area contributed by atoms with Gasteiger partial charge in [-0.3, -0.25) is 4.98 Å². The number of pyridine rings is 1. The highest BCUT2D eigenvalue weighted by molar-refractivity contribution is 5.12.